The highest BCUT2D eigenvalue weighted by atomic mass is 16.7. The first-order valence-corrected chi connectivity index (χ1v) is 6.96. The number of aromatic nitrogens is 1. The molecule has 21 heavy (non-hydrogen) atoms. The summed E-state index contributed by atoms with van der Waals surface area (Å²) in [5.41, 5.74) is 1.13. The van der Waals surface area contributed by atoms with E-state index in [9.17, 15) is 0 Å². The van der Waals surface area contributed by atoms with Gasteiger partial charge in [0.1, 0.15) is 5.75 Å². The summed E-state index contributed by atoms with van der Waals surface area (Å²) < 4.78 is 16.3. The fourth-order valence-corrected chi connectivity index (χ4v) is 1.96. The molecular formula is C16H18N2O3. The first-order valence-electron chi connectivity index (χ1n) is 6.96. The van der Waals surface area contributed by atoms with E-state index in [4.69, 9.17) is 14.2 Å². The molecule has 2 aromatic rings. The number of benzene rings is 1. The summed E-state index contributed by atoms with van der Waals surface area (Å²) in [6.07, 6.45) is 1.82. The number of nitrogens with one attached hydrogen (secondary N) is 1. The van der Waals surface area contributed by atoms with Crippen LogP contribution in [0.5, 0.6) is 23.1 Å². The van der Waals surface area contributed by atoms with Gasteiger partial charge in [-0.3, -0.25) is 0 Å². The van der Waals surface area contributed by atoms with Gasteiger partial charge in [0.05, 0.1) is 0 Å². The van der Waals surface area contributed by atoms with Crippen LogP contribution >= 0.6 is 0 Å². The van der Waals surface area contributed by atoms with E-state index in [2.05, 4.69) is 24.1 Å². The molecule has 0 saturated heterocycles. The summed E-state index contributed by atoms with van der Waals surface area (Å²) in [5.74, 6) is 2.68. The molecule has 0 fully saturated rings. The van der Waals surface area contributed by atoms with Crippen molar-refractivity contribution >= 4 is 0 Å². The molecular weight excluding hydrogens is 268 g/mol. The summed E-state index contributed by atoms with van der Waals surface area (Å²) in [6, 6.07) is 9.79. The Balaban J connectivity index is 1.65. The van der Waals surface area contributed by atoms with Crippen LogP contribution < -0.4 is 19.5 Å². The van der Waals surface area contributed by atoms with Crippen LogP contribution in [0.4, 0.5) is 0 Å². The molecule has 0 atom stereocenters. The van der Waals surface area contributed by atoms with Crippen molar-refractivity contribution in [3.05, 3.63) is 42.1 Å². The van der Waals surface area contributed by atoms with Crippen molar-refractivity contribution in [3.8, 4) is 23.1 Å². The molecule has 1 aliphatic heterocycles. The Labute approximate surface area is 123 Å². The minimum absolute atomic E-state index is 0.259. The van der Waals surface area contributed by atoms with Crippen LogP contribution in [0, 0.1) is 0 Å². The van der Waals surface area contributed by atoms with E-state index in [0.29, 0.717) is 23.4 Å². The Hall–Kier alpha value is -2.27. The van der Waals surface area contributed by atoms with Gasteiger partial charge in [0.15, 0.2) is 11.5 Å². The molecule has 0 aliphatic carbocycles. The van der Waals surface area contributed by atoms with Gasteiger partial charge in [0.2, 0.25) is 12.7 Å². The standard InChI is InChI=1S/C16H18N2O3/c1-11(2)17-8-12-3-6-16(18-9-12)21-13-4-5-14-15(7-13)20-10-19-14/h3-7,9,11,17H,8,10H2,1-2H3. The van der Waals surface area contributed by atoms with E-state index in [1.165, 1.54) is 0 Å². The zero-order valence-corrected chi connectivity index (χ0v) is 12.1. The maximum absolute atomic E-state index is 5.72. The molecule has 1 aromatic heterocycles. The second kappa shape index (κ2) is 6.01. The van der Waals surface area contributed by atoms with Crippen LogP contribution in [0.15, 0.2) is 36.5 Å². The predicted octanol–water partition coefficient (Wildman–Crippen LogP) is 3.10. The third kappa shape index (κ3) is 3.44. The van der Waals surface area contributed by atoms with Crippen LogP contribution in [0.25, 0.3) is 0 Å². The number of pyridine rings is 1. The fraction of sp³-hybridized carbons (Fsp3) is 0.312. The molecule has 5 nitrogen and oxygen atoms in total. The third-order valence-electron chi connectivity index (χ3n) is 3.08. The Morgan fingerprint density at radius 2 is 2.05 bits per heavy atom. The average molecular weight is 286 g/mol. The Kier molecular flexibility index (Phi) is 3.92. The molecule has 5 heteroatoms. The monoisotopic (exact) mass is 286 g/mol. The van der Waals surface area contributed by atoms with Gasteiger partial charge in [0, 0.05) is 30.9 Å². The van der Waals surface area contributed by atoms with Crippen LogP contribution in [-0.2, 0) is 6.54 Å². The molecule has 0 amide bonds. The summed E-state index contributed by atoms with van der Waals surface area (Å²) in [5, 5.41) is 3.35. The zero-order chi connectivity index (χ0) is 14.7. The lowest BCUT2D eigenvalue weighted by atomic mass is 10.2. The van der Waals surface area contributed by atoms with Crippen molar-refractivity contribution in [2.45, 2.75) is 26.4 Å². The SMILES string of the molecule is CC(C)NCc1ccc(Oc2ccc3c(c2)OCO3)nc1. The Bertz CT molecular complexity index is 611. The molecule has 3 rings (SSSR count). The quantitative estimate of drug-likeness (QED) is 0.915. The molecule has 1 N–H and O–H groups in total. The van der Waals surface area contributed by atoms with Gasteiger partial charge < -0.3 is 19.5 Å². The molecule has 0 spiro atoms. The van der Waals surface area contributed by atoms with E-state index < -0.39 is 0 Å². The molecule has 0 unspecified atom stereocenters. The summed E-state index contributed by atoms with van der Waals surface area (Å²) in [4.78, 5) is 4.31. The van der Waals surface area contributed by atoms with Gasteiger partial charge in [0.25, 0.3) is 0 Å². The fourth-order valence-electron chi connectivity index (χ4n) is 1.96. The maximum Gasteiger partial charge on any atom is 0.231 e. The van der Waals surface area contributed by atoms with E-state index in [1.807, 2.05) is 30.5 Å². The topological polar surface area (TPSA) is 52.6 Å². The normalized spacial score (nSPS) is 12.7. The first kappa shape index (κ1) is 13.7. The third-order valence-corrected chi connectivity index (χ3v) is 3.08. The summed E-state index contributed by atoms with van der Waals surface area (Å²) in [6.45, 7) is 5.29. The van der Waals surface area contributed by atoms with Crippen molar-refractivity contribution in [2.24, 2.45) is 0 Å². The molecule has 0 radical (unpaired) electrons. The molecule has 1 aliphatic rings. The largest absolute Gasteiger partial charge is 0.454 e. The van der Waals surface area contributed by atoms with E-state index in [1.54, 1.807) is 6.07 Å². The lowest BCUT2D eigenvalue weighted by Crippen LogP contribution is -2.21. The van der Waals surface area contributed by atoms with Gasteiger partial charge in [-0.15, -0.1) is 0 Å². The van der Waals surface area contributed by atoms with Crippen LogP contribution in [-0.4, -0.2) is 17.8 Å². The predicted molar refractivity (Wildman–Crippen MR) is 78.9 cm³/mol. The molecule has 0 bridgehead atoms. The molecule has 1 aromatic carbocycles. The molecule has 0 saturated carbocycles. The lowest BCUT2D eigenvalue weighted by Gasteiger charge is -2.09. The van der Waals surface area contributed by atoms with Crippen molar-refractivity contribution in [1.82, 2.24) is 10.3 Å². The Morgan fingerprint density at radius 1 is 1.19 bits per heavy atom. The van der Waals surface area contributed by atoms with E-state index in [0.717, 1.165) is 17.9 Å². The number of nitrogens with zero attached hydrogens (tertiary/aromatic N) is 1. The van der Waals surface area contributed by atoms with Crippen LogP contribution in [0.3, 0.4) is 0 Å². The number of rotatable bonds is 5. The lowest BCUT2D eigenvalue weighted by molar-refractivity contribution is 0.174. The number of hydrogen-bond acceptors (Lipinski definition) is 5. The number of ether oxygens (including phenoxy) is 3. The highest BCUT2D eigenvalue weighted by Gasteiger charge is 2.14. The van der Waals surface area contributed by atoms with Crippen molar-refractivity contribution in [2.75, 3.05) is 6.79 Å². The minimum atomic E-state index is 0.259. The zero-order valence-electron chi connectivity index (χ0n) is 12.1. The first-order chi connectivity index (χ1) is 10.2. The minimum Gasteiger partial charge on any atom is -0.454 e. The van der Waals surface area contributed by atoms with Gasteiger partial charge in [-0.1, -0.05) is 19.9 Å². The second-order valence-electron chi connectivity index (χ2n) is 5.16. The summed E-state index contributed by atoms with van der Waals surface area (Å²) in [7, 11) is 0. The van der Waals surface area contributed by atoms with E-state index in [-0.39, 0.29) is 6.79 Å². The van der Waals surface area contributed by atoms with Gasteiger partial charge >= 0.3 is 0 Å². The van der Waals surface area contributed by atoms with Crippen molar-refractivity contribution in [1.29, 1.82) is 0 Å². The Morgan fingerprint density at radius 3 is 2.81 bits per heavy atom. The number of hydrogen-bond donors (Lipinski definition) is 1. The van der Waals surface area contributed by atoms with Crippen LogP contribution in [0.1, 0.15) is 19.4 Å². The van der Waals surface area contributed by atoms with Gasteiger partial charge in [-0.05, 0) is 17.7 Å². The van der Waals surface area contributed by atoms with Crippen molar-refractivity contribution < 1.29 is 14.2 Å². The molecule has 110 valence electrons. The van der Waals surface area contributed by atoms with Crippen molar-refractivity contribution in [3.63, 3.8) is 0 Å². The number of fused-ring (bicyclic) bond motifs is 1. The smallest absolute Gasteiger partial charge is 0.231 e. The van der Waals surface area contributed by atoms with Gasteiger partial charge in [-0.2, -0.15) is 0 Å². The van der Waals surface area contributed by atoms with Gasteiger partial charge in [-0.25, -0.2) is 4.98 Å². The highest BCUT2D eigenvalue weighted by Crippen LogP contribution is 2.36. The second-order valence-corrected chi connectivity index (χ2v) is 5.16. The molecule has 2 heterocycles. The average Bonchev–Trinajstić information content (AvgIpc) is 2.94. The highest BCUT2D eigenvalue weighted by molar-refractivity contribution is 5.47. The maximum atomic E-state index is 5.72. The van der Waals surface area contributed by atoms with Crippen LogP contribution in [0.2, 0.25) is 0 Å². The summed E-state index contributed by atoms with van der Waals surface area (Å²) >= 11 is 0. The van der Waals surface area contributed by atoms with E-state index >= 15 is 0 Å².